The fourth-order valence-electron chi connectivity index (χ4n) is 4.14. The first-order chi connectivity index (χ1) is 9.63. The predicted octanol–water partition coefficient (Wildman–Crippen LogP) is 4.06. The van der Waals surface area contributed by atoms with Gasteiger partial charge in [-0.2, -0.15) is 0 Å². The van der Waals surface area contributed by atoms with Crippen molar-refractivity contribution in [2.45, 2.75) is 78.2 Å². The Morgan fingerprint density at radius 1 is 1.10 bits per heavy atom. The number of likely N-dealkylation sites (tertiary alicyclic amines) is 1. The maximum absolute atomic E-state index is 3.74. The summed E-state index contributed by atoms with van der Waals surface area (Å²) in [6.45, 7) is 12.2. The van der Waals surface area contributed by atoms with Crippen molar-refractivity contribution in [1.82, 2.24) is 10.2 Å². The van der Waals surface area contributed by atoms with Crippen molar-refractivity contribution in [2.24, 2.45) is 11.3 Å². The van der Waals surface area contributed by atoms with E-state index < -0.39 is 0 Å². The number of hydrogen-bond donors (Lipinski definition) is 1. The van der Waals surface area contributed by atoms with Gasteiger partial charge in [-0.05, 0) is 50.1 Å². The molecule has 2 fully saturated rings. The fourth-order valence-corrected chi connectivity index (χ4v) is 4.14. The van der Waals surface area contributed by atoms with Crippen LogP contribution in [0.5, 0.6) is 0 Å². The second-order valence-electron chi connectivity index (χ2n) is 7.72. The van der Waals surface area contributed by atoms with Crippen LogP contribution in [-0.4, -0.2) is 37.1 Å². The second kappa shape index (κ2) is 7.79. The van der Waals surface area contributed by atoms with Gasteiger partial charge >= 0.3 is 0 Å². The van der Waals surface area contributed by atoms with E-state index in [-0.39, 0.29) is 0 Å². The van der Waals surface area contributed by atoms with E-state index in [2.05, 4.69) is 31.0 Å². The summed E-state index contributed by atoms with van der Waals surface area (Å²) in [7, 11) is 0. The van der Waals surface area contributed by atoms with Crippen molar-refractivity contribution in [1.29, 1.82) is 0 Å². The lowest BCUT2D eigenvalue weighted by molar-refractivity contribution is 0.0757. The Morgan fingerprint density at radius 2 is 1.75 bits per heavy atom. The third-order valence-corrected chi connectivity index (χ3v) is 5.64. The average Bonchev–Trinajstić information content (AvgIpc) is 2.47. The Morgan fingerprint density at radius 3 is 2.30 bits per heavy atom. The highest BCUT2D eigenvalue weighted by atomic mass is 15.1. The molecule has 0 aromatic rings. The highest BCUT2D eigenvalue weighted by molar-refractivity contribution is 4.89. The maximum atomic E-state index is 3.74. The summed E-state index contributed by atoms with van der Waals surface area (Å²) < 4.78 is 0. The molecule has 2 nitrogen and oxygen atoms in total. The van der Waals surface area contributed by atoms with Gasteiger partial charge in [0, 0.05) is 19.1 Å². The van der Waals surface area contributed by atoms with Crippen LogP contribution in [0.1, 0.15) is 72.1 Å². The molecule has 0 aromatic heterocycles. The molecule has 2 aliphatic rings. The molecule has 2 heteroatoms. The van der Waals surface area contributed by atoms with Crippen LogP contribution >= 0.6 is 0 Å². The van der Waals surface area contributed by atoms with Crippen LogP contribution in [0, 0.1) is 11.3 Å². The number of rotatable bonds is 6. The summed E-state index contributed by atoms with van der Waals surface area (Å²) >= 11 is 0. The SMILES string of the molecule is CCC1CCN(CC2(CNC(C)C)CCCCC2)CC1. The van der Waals surface area contributed by atoms with Crippen LogP contribution in [0.15, 0.2) is 0 Å². The Kier molecular flexibility index (Phi) is 6.35. The smallest absolute Gasteiger partial charge is 0.00501 e. The molecule has 1 aliphatic heterocycles. The molecule has 0 spiro atoms. The second-order valence-corrected chi connectivity index (χ2v) is 7.72. The molecular weight excluding hydrogens is 244 g/mol. The lowest BCUT2D eigenvalue weighted by Gasteiger charge is -2.44. The van der Waals surface area contributed by atoms with E-state index in [4.69, 9.17) is 0 Å². The summed E-state index contributed by atoms with van der Waals surface area (Å²) in [5.41, 5.74) is 0.571. The van der Waals surface area contributed by atoms with Crippen molar-refractivity contribution in [3.63, 3.8) is 0 Å². The molecule has 1 heterocycles. The Labute approximate surface area is 126 Å². The van der Waals surface area contributed by atoms with Crippen LogP contribution in [0.2, 0.25) is 0 Å². The van der Waals surface area contributed by atoms with E-state index in [9.17, 15) is 0 Å². The molecule has 1 aliphatic carbocycles. The molecule has 118 valence electrons. The molecule has 1 N–H and O–H groups in total. The molecular formula is C18H36N2. The topological polar surface area (TPSA) is 15.3 Å². The van der Waals surface area contributed by atoms with Gasteiger partial charge in [-0.3, -0.25) is 0 Å². The van der Waals surface area contributed by atoms with Crippen LogP contribution < -0.4 is 5.32 Å². The van der Waals surface area contributed by atoms with E-state index in [1.165, 1.54) is 77.5 Å². The molecule has 0 unspecified atom stereocenters. The largest absolute Gasteiger partial charge is 0.314 e. The number of hydrogen-bond acceptors (Lipinski definition) is 2. The lowest BCUT2D eigenvalue weighted by atomic mass is 9.73. The van der Waals surface area contributed by atoms with E-state index in [0.717, 1.165) is 5.92 Å². The quantitative estimate of drug-likeness (QED) is 0.789. The van der Waals surface area contributed by atoms with Crippen molar-refractivity contribution in [3.05, 3.63) is 0 Å². The van der Waals surface area contributed by atoms with Crippen LogP contribution in [0.25, 0.3) is 0 Å². The van der Waals surface area contributed by atoms with Crippen LogP contribution in [-0.2, 0) is 0 Å². The first-order valence-corrected chi connectivity index (χ1v) is 9.09. The summed E-state index contributed by atoms with van der Waals surface area (Å²) in [6.07, 6.45) is 11.5. The van der Waals surface area contributed by atoms with E-state index >= 15 is 0 Å². The molecule has 0 amide bonds. The van der Waals surface area contributed by atoms with Gasteiger partial charge in [0.05, 0.1) is 0 Å². The van der Waals surface area contributed by atoms with E-state index in [1.807, 2.05) is 0 Å². The zero-order valence-corrected chi connectivity index (χ0v) is 14.1. The molecule has 2 rings (SSSR count). The van der Waals surface area contributed by atoms with Crippen molar-refractivity contribution in [3.8, 4) is 0 Å². The van der Waals surface area contributed by atoms with Gasteiger partial charge in [0.25, 0.3) is 0 Å². The monoisotopic (exact) mass is 280 g/mol. The van der Waals surface area contributed by atoms with Crippen LogP contribution in [0.4, 0.5) is 0 Å². The minimum absolute atomic E-state index is 0.571. The number of nitrogens with zero attached hydrogens (tertiary/aromatic N) is 1. The standard InChI is InChI=1S/C18H36N2/c1-4-17-8-12-20(13-9-17)15-18(14-19-16(2)3)10-6-5-7-11-18/h16-17,19H,4-15H2,1-3H3. The zero-order chi connectivity index (χ0) is 14.4. The normalized spacial score (nSPS) is 25.2. The fraction of sp³-hybridized carbons (Fsp3) is 1.00. The van der Waals surface area contributed by atoms with Gasteiger partial charge in [-0.25, -0.2) is 0 Å². The van der Waals surface area contributed by atoms with E-state index in [1.54, 1.807) is 0 Å². The van der Waals surface area contributed by atoms with Crippen LogP contribution in [0.3, 0.4) is 0 Å². The molecule has 20 heavy (non-hydrogen) atoms. The van der Waals surface area contributed by atoms with Gasteiger partial charge in [-0.1, -0.05) is 46.5 Å². The van der Waals surface area contributed by atoms with E-state index in [0.29, 0.717) is 11.5 Å². The lowest BCUT2D eigenvalue weighted by Crippen LogP contribution is -2.48. The molecule has 0 atom stereocenters. The maximum Gasteiger partial charge on any atom is 0.00501 e. The molecule has 1 saturated heterocycles. The average molecular weight is 280 g/mol. The number of nitrogens with one attached hydrogen (secondary N) is 1. The van der Waals surface area contributed by atoms with Gasteiger partial charge in [0.1, 0.15) is 0 Å². The first kappa shape index (κ1) is 16.3. The molecule has 0 aromatic carbocycles. The van der Waals surface area contributed by atoms with Gasteiger partial charge in [-0.15, -0.1) is 0 Å². The van der Waals surface area contributed by atoms with Crippen molar-refractivity contribution < 1.29 is 0 Å². The van der Waals surface area contributed by atoms with Gasteiger partial charge in [0.15, 0.2) is 0 Å². The number of piperidine rings is 1. The summed E-state index contributed by atoms with van der Waals surface area (Å²) in [5.74, 6) is 1.00. The van der Waals surface area contributed by atoms with Gasteiger partial charge in [0.2, 0.25) is 0 Å². The molecule has 1 saturated carbocycles. The van der Waals surface area contributed by atoms with Crippen molar-refractivity contribution in [2.75, 3.05) is 26.2 Å². The minimum atomic E-state index is 0.571. The molecule has 0 radical (unpaired) electrons. The van der Waals surface area contributed by atoms with Crippen molar-refractivity contribution >= 4 is 0 Å². The Hall–Kier alpha value is -0.0800. The third-order valence-electron chi connectivity index (χ3n) is 5.64. The minimum Gasteiger partial charge on any atom is -0.314 e. The predicted molar refractivity (Wildman–Crippen MR) is 88.1 cm³/mol. The van der Waals surface area contributed by atoms with Gasteiger partial charge < -0.3 is 10.2 Å². The zero-order valence-electron chi connectivity index (χ0n) is 14.1. The highest BCUT2D eigenvalue weighted by Gasteiger charge is 2.34. The summed E-state index contributed by atoms with van der Waals surface area (Å²) in [5, 5.41) is 3.74. The molecule has 0 bridgehead atoms. The summed E-state index contributed by atoms with van der Waals surface area (Å²) in [4.78, 5) is 2.78. The summed E-state index contributed by atoms with van der Waals surface area (Å²) in [6, 6.07) is 0.625. The Balaban J connectivity index is 1.87. The Bertz CT molecular complexity index is 261. The third kappa shape index (κ3) is 4.73. The first-order valence-electron chi connectivity index (χ1n) is 9.09. The highest BCUT2D eigenvalue weighted by Crippen LogP contribution is 2.37.